The van der Waals surface area contributed by atoms with Crippen LogP contribution in [0.4, 0.5) is 0 Å². The molecule has 1 rings (SSSR count). The Balaban J connectivity index is 3.30. The van der Waals surface area contributed by atoms with Gasteiger partial charge in [0.05, 0.1) is 0 Å². The summed E-state index contributed by atoms with van der Waals surface area (Å²) in [6.45, 7) is 2.14. The van der Waals surface area contributed by atoms with Crippen LogP contribution in [0.25, 0.3) is 0 Å². The predicted octanol–water partition coefficient (Wildman–Crippen LogP) is 2.47. The number of benzene rings is 1. The van der Waals surface area contributed by atoms with Gasteiger partial charge in [-0.2, -0.15) is 0 Å². The molecule has 0 aliphatic rings. The zero-order valence-corrected chi connectivity index (χ0v) is 11.2. The Kier molecular flexibility index (Phi) is 4.65. The van der Waals surface area contributed by atoms with Gasteiger partial charge in [0.25, 0.3) is 0 Å². The van der Waals surface area contributed by atoms with E-state index in [9.17, 15) is 0 Å². The van der Waals surface area contributed by atoms with Crippen molar-refractivity contribution < 1.29 is 0 Å². The standard InChI is InChI=1S/C16H16Si/c1-5-9-14-17(7-3,8-4)16-13-11-10-12-15(16)6-2/h2-4,10-13H,5,9,14H2,1H3. The Morgan fingerprint density at radius 3 is 2.29 bits per heavy atom. The first-order valence-electron chi connectivity index (χ1n) is 5.75. The third kappa shape index (κ3) is 2.62. The van der Waals surface area contributed by atoms with Crippen LogP contribution in [0.1, 0.15) is 25.3 Å². The smallest absolute Gasteiger partial charge is 0.126 e. The van der Waals surface area contributed by atoms with Crippen molar-refractivity contribution in [3.63, 3.8) is 0 Å². The van der Waals surface area contributed by atoms with Gasteiger partial charge in [-0.1, -0.05) is 43.9 Å². The third-order valence-corrected chi connectivity index (χ3v) is 6.39. The lowest BCUT2D eigenvalue weighted by molar-refractivity contribution is 0.875. The maximum atomic E-state index is 5.72. The van der Waals surface area contributed by atoms with Crippen LogP contribution < -0.4 is 5.19 Å². The van der Waals surface area contributed by atoms with Crippen LogP contribution in [-0.2, 0) is 0 Å². The van der Waals surface area contributed by atoms with Gasteiger partial charge in [0.2, 0.25) is 8.07 Å². The Labute approximate surface area is 105 Å². The molecular weight excluding hydrogens is 220 g/mol. The molecule has 0 N–H and O–H groups in total. The second-order valence-corrected chi connectivity index (χ2v) is 7.41. The van der Waals surface area contributed by atoms with E-state index in [1.54, 1.807) is 0 Å². The predicted molar refractivity (Wildman–Crippen MR) is 77.1 cm³/mol. The largest absolute Gasteiger partial charge is 0.246 e. The Morgan fingerprint density at radius 2 is 1.76 bits per heavy atom. The molecule has 0 radical (unpaired) electrons. The van der Waals surface area contributed by atoms with E-state index in [0.717, 1.165) is 29.6 Å². The van der Waals surface area contributed by atoms with Crippen molar-refractivity contribution in [1.82, 2.24) is 0 Å². The summed E-state index contributed by atoms with van der Waals surface area (Å²) in [5, 5.41) is 1.04. The highest BCUT2D eigenvalue weighted by Crippen LogP contribution is 2.14. The minimum absolute atomic E-state index is 0.853. The summed E-state index contributed by atoms with van der Waals surface area (Å²) in [6, 6.07) is 8.70. The number of terminal acetylenes is 3. The Bertz CT molecular complexity index is 492. The van der Waals surface area contributed by atoms with Crippen molar-refractivity contribution in [3.05, 3.63) is 29.8 Å². The molecule has 1 aromatic carbocycles. The summed E-state index contributed by atoms with van der Waals surface area (Å²) in [4.78, 5) is 0. The summed E-state index contributed by atoms with van der Waals surface area (Å²) >= 11 is 0. The summed E-state index contributed by atoms with van der Waals surface area (Å²) in [5.74, 6) is 2.69. The number of hydrogen-bond donors (Lipinski definition) is 0. The molecule has 0 fully saturated rings. The van der Waals surface area contributed by atoms with Crippen LogP contribution in [0.5, 0.6) is 0 Å². The topological polar surface area (TPSA) is 0 Å². The second-order valence-electron chi connectivity index (χ2n) is 3.99. The zero-order chi connectivity index (χ0) is 12.7. The first-order valence-corrected chi connectivity index (χ1v) is 7.96. The van der Waals surface area contributed by atoms with Gasteiger partial charge < -0.3 is 0 Å². The summed E-state index contributed by atoms with van der Waals surface area (Å²) < 4.78 is 0. The van der Waals surface area contributed by atoms with Crippen molar-refractivity contribution in [1.29, 1.82) is 0 Å². The highest BCUT2D eigenvalue weighted by Gasteiger charge is 2.32. The average Bonchev–Trinajstić information content (AvgIpc) is 2.41. The molecule has 0 unspecified atom stereocenters. The zero-order valence-electron chi connectivity index (χ0n) is 10.2. The molecule has 0 aliphatic heterocycles. The fraction of sp³-hybridized carbons (Fsp3) is 0.250. The van der Waals surface area contributed by atoms with Gasteiger partial charge >= 0.3 is 0 Å². The van der Waals surface area contributed by atoms with Gasteiger partial charge in [0.1, 0.15) is 0 Å². The third-order valence-electron chi connectivity index (χ3n) is 2.94. The highest BCUT2D eigenvalue weighted by atomic mass is 28.3. The molecule has 1 heteroatoms. The number of hydrogen-bond acceptors (Lipinski definition) is 0. The summed E-state index contributed by atoms with van der Waals surface area (Å²) in [7, 11) is -2.29. The van der Waals surface area contributed by atoms with E-state index < -0.39 is 8.07 Å². The molecule has 0 saturated heterocycles. The lowest BCUT2D eigenvalue weighted by atomic mass is 10.2. The van der Waals surface area contributed by atoms with Crippen molar-refractivity contribution in [3.8, 4) is 36.3 Å². The number of rotatable bonds is 4. The van der Waals surface area contributed by atoms with Gasteiger partial charge in [-0.05, 0) is 17.3 Å². The molecule has 0 aliphatic carbocycles. The van der Waals surface area contributed by atoms with Crippen LogP contribution in [0.2, 0.25) is 6.04 Å². The van der Waals surface area contributed by atoms with Crippen molar-refractivity contribution in [2.75, 3.05) is 0 Å². The van der Waals surface area contributed by atoms with Crippen LogP contribution in [0.15, 0.2) is 24.3 Å². The Hall–Kier alpha value is -1.88. The lowest BCUT2D eigenvalue weighted by Crippen LogP contribution is -2.47. The molecule has 0 heterocycles. The molecule has 0 amide bonds. The SMILES string of the molecule is C#Cc1ccccc1[Si](C#C)(C#C)CCCC. The van der Waals surface area contributed by atoms with E-state index in [0.29, 0.717) is 0 Å². The molecule has 0 aromatic heterocycles. The fourth-order valence-electron chi connectivity index (χ4n) is 1.90. The molecular formula is C16H16Si. The molecule has 0 nitrogen and oxygen atoms in total. The molecule has 1 aromatic rings. The van der Waals surface area contributed by atoms with E-state index >= 15 is 0 Å². The average molecular weight is 236 g/mol. The normalized spacial score (nSPS) is 10.0. The molecule has 0 atom stereocenters. The van der Waals surface area contributed by atoms with E-state index in [-0.39, 0.29) is 0 Å². The van der Waals surface area contributed by atoms with Gasteiger partial charge in [0, 0.05) is 5.56 Å². The van der Waals surface area contributed by atoms with Crippen molar-refractivity contribution in [2.24, 2.45) is 0 Å². The van der Waals surface area contributed by atoms with E-state index in [4.69, 9.17) is 19.3 Å². The molecule has 84 valence electrons. The highest BCUT2D eigenvalue weighted by molar-refractivity contribution is 7.04. The quantitative estimate of drug-likeness (QED) is 0.556. The fourth-order valence-corrected chi connectivity index (χ4v) is 4.73. The minimum Gasteiger partial charge on any atom is -0.126 e. The van der Waals surface area contributed by atoms with Crippen molar-refractivity contribution >= 4 is 13.3 Å². The monoisotopic (exact) mass is 236 g/mol. The summed E-state index contributed by atoms with van der Waals surface area (Å²) in [6.07, 6.45) is 19.1. The van der Waals surface area contributed by atoms with Gasteiger partial charge in [-0.3, -0.25) is 0 Å². The second kappa shape index (κ2) is 6.00. The molecule has 0 spiro atoms. The van der Waals surface area contributed by atoms with E-state index in [1.807, 2.05) is 24.3 Å². The van der Waals surface area contributed by atoms with Crippen LogP contribution in [-0.4, -0.2) is 8.07 Å². The van der Waals surface area contributed by atoms with Crippen LogP contribution >= 0.6 is 0 Å². The first-order chi connectivity index (χ1) is 8.24. The van der Waals surface area contributed by atoms with Crippen LogP contribution in [0.3, 0.4) is 0 Å². The van der Waals surface area contributed by atoms with Crippen molar-refractivity contribution in [2.45, 2.75) is 25.8 Å². The minimum atomic E-state index is -2.29. The molecule has 17 heavy (non-hydrogen) atoms. The Morgan fingerprint density at radius 1 is 1.12 bits per heavy atom. The molecule has 0 bridgehead atoms. The molecule has 0 saturated carbocycles. The van der Waals surface area contributed by atoms with Gasteiger partial charge in [-0.25, -0.2) is 0 Å². The maximum absolute atomic E-state index is 5.72. The van der Waals surface area contributed by atoms with Gasteiger partial charge in [0.15, 0.2) is 0 Å². The maximum Gasteiger partial charge on any atom is 0.246 e. The first kappa shape index (κ1) is 13.2. The number of unbranched alkanes of at least 4 members (excludes halogenated alkanes) is 1. The van der Waals surface area contributed by atoms with Crippen LogP contribution in [0, 0.1) is 36.3 Å². The lowest BCUT2D eigenvalue weighted by Gasteiger charge is -2.21. The van der Waals surface area contributed by atoms with E-state index in [1.165, 1.54) is 0 Å². The van der Waals surface area contributed by atoms with Gasteiger partial charge in [-0.15, -0.1) is 30.4 Å². The van der Waals surface area contributed by atoms with E-state index in [2.05, 4.69) is 23.9 Å². The summed E-state index contributed by atoms with van der Waals surface area (Å²) in [5.41, 5.74) is 6.65.